The Labute approximate surface area is 77.3 Å². The number of hydrogen-bond donors (Lipinski definition) is 0. The SMILES string of the molecule is FC(F)(F)[C]1CCCCC1C(F)(F)F. The third-order valence-electron chi connectivity index (χ3n) is 2.37. The first-order chi connectivity index (χ1) is 6.23. The highest BCUT2D eigenvalue weighted by Crippen LogP contribution is 2.49. The Kier molecular flexibility index (Phi) is 3.02. The lowest BCUT2D eigenvalue weighted by Gasteiger charge is -2.33. The standard InChI is InChI=1S/C8H9F6/c9-7(10,11)5-3-1-2-4-6(5)8(12,13)14/h5H,1-4H2. The molecule has 0 amide bonds. The number of rotatable bonds is 0. The van der Waals surface area contributed by atoms with Crippen LogP contribution >= 0.6 is 0 Å². The van der Waals surface area contributed by atoms with Crippen LogP contribution in [0.3, 0.4) is 0 Å². The van der Waals surface area contributed by atoms with Crippen LogP contribution in [0.15, 0.2) is 0 Å². The molecule has 0 heterocycles. The Morgan fingerprint density at radius 3 is 1.86 bits per heavy atom. The van der Waals surface area contributed by atoms with Crippen molar-refractivity contribution in [3.05, 3.63) is 5.92 Å². The number of hydrogen-bond acceptors (Lipinski definition) is 0. The summed E-state index contributed by atoms with van der Waals surface area (Å²) in [5.74, 6) is -3.59. The van der Waals surface area contributed by atoms with Gasteiger partial charge in [0.15, 0.2) is 0 Å². The van der Waals surface area contributed by atoms with Crippen LogP contribution in [0.4, 0.5) is 26.3 Å². The maximum atomic E-state index is 12.2. The molecule has 0 saturated heterocycles. The molecule has 0 aliphatic heterocycles. The van der Waals surface area contributed by atoms with Crippen LogP contribution < -0.4 is 0 Å². The minimum atomic E-state index is -4.80. The number of halogens is 6. The van der Waals surface area contributed by atoms with Crippen LogP contribution in [0, 0.1) is 11.8 Å². The summed E-state index contributed by atoms with van der Waals surface area (Å²) in [6, 6.07) is 0. The highest BCUT2D eigenvalue weighted by Gasteiger charge is 2.55. The van der Waals surface area contributed by atoms with Gasteiger partial charge in [0, 0.05) is 0 Å². The molecule has 1 aliphatic rings. The van der Waals surface area contributed by atoms with Crippen molar-refractivity contribution in [1.29, 1.82) is 0 Å². The zero-order valence-corrected chi connectivity index (χ0v) is 7.17. The zero-order chi connectivity index (χ0) is 11.0. The van der Waals surface area contributed by atoms with Gasteiger partial charge in [-0.1, -0.05) is 12.8 Å². The van der Waals surface area contributed by atoms with E-state index in [0.29, 0.717) is 0 Å². The van der Waals surface area contributed by atoms with E-state index in [4.69, 9.17) is 0 Å². The summed E-state index contributed by atoms with van der Waals surface area (Å²) in [6.07, 6.45) is -10.1. The van der Waals surface area contributed by atoms with Gasteiger partial charge in [-0.25, -0.2) is 0 Å². The van der Waals surface area contributed by atoms with E-state index < -0.39 is 37.0 Å². The molecule has 6 heteroatoms. The quantitative estimate of drug-likeness (QED) is 0.542. The molecule has 14 heavy (non-hydrogen) atoms. The van der Waals surface area contributed by atoms with Crippen LogP contribution in [-0.2, 0) is 0 Å². The summed E-state index contributed by atoms with van der Waals surface area (Å²) in [5.41, 5.74) is 0. The molecule has 1 saturated carbocycles. The van der Waals surface area contributed by atoms with Gasteiger partial charge >= 0.3 is 12.4 Å². The van der Waals surface area contributed by atoms with Gasteiger partial charge in [0.2, 0.25) is 0 Å². The van der Waals surface area contributed by atoms with E-state index in [2.05, 4.69) is 0 Å². The lowest BCUT2D eigenvalue weighted by atomic mass is 9.78. The molecule has 0 aromatic carbocycles. The lowest BCUT2D eigenvalue weighted by molar-refractivity contribution is -0.209. The van der Waals surface area contributed by atoms with Gasteiger partial charge in [-0.3, -0.25) is 0 Å². The van der Waals surface area contributed by atoms with Crippen molar-refractivity contribution in [2.75, 3.05) is 0 Å². The largest absolute Gasteiger partial charge is 0.395 e. The number of alkyl halides is 6. The van der Waals surface area contributed by atoms with E-state index in [1.807, 2.05) is 0 Å². The Bertz CT molecular complexity index is 169. The van der Waals surface area contributed by atoms with E-state index in [1.165, 1.54) is 0 Å². The van der Waals surface area contributed by atoms with Gasteiger partial charge in [-0.15, -0.1) is 0 Å². The second kappa shape index (κ2) is 3.62. The summed E-state index contributed by atoms with van der Waals surface area (Å²) < 4.78 is 73.2. The minimum Gasteiger partial charge on any atom is -0.171 e. The molecule has 0 nitrogen and oxygen atoms in total. The molecule has 0 spiro atoms. The molecule has 0 aromatic rings. The highest BCUT2D eigenvalue weighted by atomic mass is 19.4. The molecular formula is C8H9F6. The van der Waals surface area contributed by atoms with Gasteiger partial charge in [0.1, 0.15) is 0 Å². The van der Waals surface area contributed by atoms with Crippen molar-refractivity contribution in [2.45, 2.75) is 38.0 Å². The van der Waals surface area contributed by atoms with E-state index in [0.717, 1.165) is 0 Å². The van der Waals surface area contributed by atoms with Crippen LogP contribution in [-0.4, -0.2) is 12.4 Å². The maximum Gasteiger partial charge on any atom is 0.395 e. The molecule has 1 unspecified atom stereocenters. The van der Waals surface area contributed by atoms with Crippen molar-refractivity contribution in [3.63, 3.8) is 0 Å². The van der Waals surface area contributed by atoms with Crippen molar-refractivity contribution in [1.82, 2.24) is 0 Å². The Morgan fingerprint density at radius 2 is 1.50 bits per heavy atom. The third-order valence-corrected chi connectivity index (χ3v) is 2.37. The predicted octanol–water partition coefficient (Wildman–Crippen LogP) is 3.88. The monoisotopic (exact) mass is 219 g/mol. The summed E-state index contributed by atoms with van der Waals surface area (Å²) in [4.78, 5) is 0. The van der Waals surface area contributed by atoms with Crippen molar-refractivity contribution < 1.29 is 26.3 Å². The van der Waals surface area contributed by atoms with E-state index >= 15 is 0 Å². The minimum absolute atomic E-state index is 0.196. The lowest BCUT2D eigenvalue weighted by Crippen LogP contribution is -2.39. The first-order valence-electron chi connectivity index (χ1n) is 4.22. The fourth-order valence-electron chi connectivity index (χ4n) is 1.71. The van der Waals surface area contributed by atoms with Crippen LogP contribution in [0.25, 0.3) is 0 Å². The van der Waals surface area contributed by atoms with Crippen LogP contribution in [0.2, 0.25) is 0 Å². The normalized spacial score (nSPS) is 26.6. The zero-order valence-electron chi connectivity index (χ0n) is 7.17. The molecule has 1 rings (SSSR count). The van der Waals surface area contributed by atoms with E-state index in [1.54, 1.807) is 0 Å². The first kappa shape index (κ1) is 11.7. The topological polar surface area (TPSA) is 0 Å². The van der Waals surface area contributed by atoms with Crippen LogP contribution in [0.5, 0.6) is 0 Å². The van der Waals surface area contributed by atoms with Gasteiger partial charge in [0.05, 0.1) is 11.8 Å². The molecule has 1 atom stereocenters. The van der Waals surface area contributed by atoms with Gasteiger partial charge in [-0.05, 0) is 12.8 Å². The van der Waals surface area contributed by atoms with E-state index in [9.17, 15) is 26.3 Å². The Balaban J connectivity index is 2.80. The van der Waals surface area contributed by atoms with Gasteiger partial charge in [-0.2, -0.15) is 26.3 Å². The average molecular weight is 219 g/mol. The maximum absolute atomic E-state index is 12.2. The summed E-state index contributed by atoms with van der Waals surface area (Å²) in [5, 5.41) is 0. The van der Waals surface area contributed by atoms with Gasteiger partial charge < -0.3 is 0 Å². The van der Waals surface area contributed by atoms with Crippen molar-refractivity contribution >= 4 is 0 Å². The Hall–Kier alpha value is -0.420. The molecule has 0 aromatic heterocycles. The Morgan fingerprint density at radius 1 is 0.929 bits per heavy atom. The predicted molar refractivity (Wildman–Crippen MR) is 37.3 cm³/mol. The smallest absolute Gasteiger partial charge is 0.171 e. The van der Waals surface area contributed by atoms with E-state index in [-0.39, 0.29) is 12.8 Å². The fourth-order valence-corrected chi connectivity index (χ4v) is 1.71. The highest BCUT2D eigenvalue weighted by molar-refractivity contribution is 5.07. The first-order valence-corrected chi connectivity index (χ1v) is 4.22. The average Bonchev–Trinajstić information content (AvgIpc) is 2.01. The molecule has 1 fully saturated rings. The van der Waals surface area contributed by atoms with Crippen molar-refractivity contribution in [2.24, 2.45) is 5.92 Å². The molecule has 1 radical (unpaired) electrons. The molecule has 1 aliphatic carbocycles. The molecular weight excluding hydrogens is 210 g/mol. The second-order valence-electron chi connectivity index (χ2n) is 3.36. The second-order valence-corrected chi connectivity index (χ2v) is 3.36. The molecule has 0 bridgehead atoms. The molecule has 83 valence electrons. The summed E-state index contributed by atoms with van der Waals surface area (Å²) >= 11 is 0. The van der Waals surface area contributed by atoms with Crippen molar-refractivity contribution in [3.8, 4) is 0 Å². The fraction of sp³-hybridized carbons (Fsp3) is 0.875. The van der Waals surface area contributed by atoms with Crippen LogP contribution in [0.1, 0.15) is 25.7 Å². The van der Waals surface area contributed by atoms with Gasteiger partial charge in [0.25, 0.3) is 0 Å². The molecule has 0 N–H and O–H groups in total. The third kappa shape index (κ3) is 2.54. The summed E-state index contributed by atoms with van der Waals surface area (Å²) in [6.45, 7) is 0. The summed E-state index contributed by atoms with van der Waals surface area (Å²) in [7, 11) is 0.